The second-order valence-electron chi connectivity index (χ2n) is 6.24. The van der Waals surface area contributed by atoms with Gasteiger partial charge in [0.2, 0.25) is 5.91 Å². The molecule has 0 bridgehead atoms. The summed E-state index contributed by atoms with van der Waals surface area (Å²) in [6, 6.07) is 15.1. The van der Waals surface area contributed by atoms with E-state index in [1.165, 1.54) is 0 Å². The molecule has 6 heteroatoms. The Morgan fingerprint density at radius 1 is 1.22 bits per heavy atom. The fraction of sp³-hybridized carbons (Fsp3) is 0.286. The summed E-state index contributed by atoms with van der Waals surface area (Å²) in [5.74, 6) is 1.39. The fourth-order valence-corrected chi connectivity index (χ4v) is 2.93. The summed E-state index contributed by atoms with van der Waals surface area (Å²) in [5, 5.41) is 3.95. The van der Waals surface area contributed by atoms with Crippen LogP contribution < -0.4 is 15.8 Å². The van der Waals surface area contributed by atoms with Crippen LogP contribution in [0.25, 0.3) is 11.0 Å². The quantitative estimate of drug-likeness (QED) is 0.578. The van der Waals surface area contributed by atoms with Gasteiger partial charge in [-0.3, -0.25) is 4.79 Å². The van der Waals surface area contributed by atoms with Crippen molar-refractivity contribution < 1.29 is 13.9 Å². The highest BCUT2D eigenvalue weighted by Gasteiger charge is 2.16. The zero-order chi connectivity index (χ0) is 18.5. The summed E-state index contributed by atoms with van der Waals surface area (Å²) < 4.78 is 11.5. The van der Waals surface area contributed by atoms with E-state index >= 15 is 0 Å². The van der Waals surface area contributed by atoms with Crippen molar-refractivity contribution in [3.8, 4) is 5.75 Å². The normalized spacial score (nSPS) is 11.6. The second kappa shape index (κ2) is 9.33. The molecule has 3 rings (SSSR count). The first-order valence-electron chi connectivity index (χ1n) is 8.86. The van der Waals surface area contributed by atoms with Crippen molar-refractivity contribution in [1.29, 1.82) is 0 Å². The van der Waals surface area contributed by atoms with Gasteiger partial charge in [-0.05, 0) is 44.0 Å². The Morgan fingerprint density at radius 3 is 2.74 bits per heavy atom. The lowest BCUT2D eigenvalue weighted by molar-refractivity contribution is -0.121. The van der Waals surface area contributed by atoms with Crippen LogP contribution in [0.15, 0.2) is 52.9 Å². The lowest BCUT2D eigenvalue weighted by Crippen LogP contribution is -2.26. The number of carbonyl (C=O) groups excluding carboxylic acids is 1. The number of aryl methyl sites for hydroxylation is 1. The number of nitrogens with two attached hydrogens (primary N) is 1. The minimum absolute atomic E-state index is 0. The monoisotopic (exact) mass is 388 g/mol. The molecule has 0 aliphatic heterocycles. The smallest absolute Gasteiger partial charge is 0.220 e. The SMILES string of the molecule is CCOc1cccc2cc(C(C)NC(=O)CCc3ccccc3N)oc12.Cl. The van der Waals surface area contributed by atoms with Crippen LogP contribution in [0.5, 0.6) is 5.75 Å². The molecule has 3 N–H and O–H groups in total. The standard InChI is InChI=1S/C21H24N2O3.ClH/c1-3-25-18-10-6-8-16-13-19(26-21(16)18)14(2)23-20(24)12-11-15-7-4-5-9-17(15)22;/h4-10,13-14H,3,11-12,22H2,1-2H3,(H,23,24);1H. The first kappa shape index (κ1) is 20.6. The molecule has 5 nitrogen and oxygen atoms in total. The van der Waals surface area contributed by atoms with E-state index in [-0.39, 0.29) is 24.4 Å². The number of ether oxygens (including phenoxy) is 1. The number of amides is 1. The summed E-state index contributed by atoms with van der Waals surface area (Å²) >= 11 is 0. The summed E-state index contributed by atoms with van der Waals surface area (Å²) in [5.41, 5.74) is 8.34. The molecule has 27 heavy (non-hydrogen) atoms. The number of fused-ring (bicyclic) bond motifs is 1. The highest BCUT2D eigenvalue weighted by molar-refractivity contribution is 5.85. The van der Waals surface area contributed by atoms with E-state index in [1.807, 2.05) is 62.4 Å². The molecule has 0 aliphatic rings. The molecule has 0 radical (unpaired) electrons. The maximum Gasteiger partial charge on any atom is 0.220 e. The van der Waals surface area contributed by atoms with Gasteiger partial charge in [0.25, 0.3) is 0 Å². The minimum atomic E-state index is -0.225. The molecule has 1 heterocycles. The number of carbonyl (C=O) groups is 1. The summed E-state index contributed by atoms with van der Waals surface area (Å²) in [7, 11) is 0. The number of para-hydroxylation sites is 2. The Balaban J connectivity index is 0.00000261. The molecule has 0 saturated carbocycles. The minimum Gasteiger partial charge on any atom is -0.490 e. The van der Waals surface area contributed by atoms with E-state index in [2.05, 4.69) is 5.32 Å². The molecule has 1 aromatic heterocycles. The average Bonchev–Trinajstić information content (AvgIpc) is 3.07. The lowest BCUT2D eigenvalue weighted by Gasteiger charge is -2.12. The van der Waals surface area contributed by atoms with E-state index < -0.39 is 0 Å². The highest BCUT2D eigenvalue weighted by Crippen LogP contribution is 2.31. The number of anilines is 1. The van der Waals surface area contributed by atoms with E-state index in [9.17, 15) is 4.79 Å². The maximum absolute atomic E-state index is 12.3. The van der Waals surface area contributed by atoms with Crippen molar-refractivity contribution in [3.05, 3.63) is 59.9 Å². The van der Waals surface area contributed by atoms with Gasteiger partial charge in [0.05, 0.1) is 12.6 Å². The Hall–Kier alpha value is -2.66. The van der Waals surface area contributed by atoms with Crippen molar-refractivity contribution in [1.82, 2.24) is 5.32 Å². The van der Waals surface area contributed by atoms with Crippen LogP contribution >= 0.6 is 12.4 Å². The van der Waals surface area contributed by atoms with Gasteiger partial charge >= 0.3 is 0 Å². The fourth-order valence-electron chi connectivity index (χ4n) is 2.93. The third-order valence-electron chi connectivity index (χ3n) is 4.31. The van der Waals surface area contributed by atoms with Crippen molar-refractivity contribution in [2.75, 3.05) is 12.3 Å². The van der Waals surface area contributed by atoms with Crippen LogP contribution in [0.4, 0.5) is 5.69 Å². The number of rotatable bonds is 7. The van der Waals surface area contributed by atoms with Crippen LogP contribution in [0.1, 0.15) is 37.6 Å². The van der Waals surface area contributed by atoms with Crippen molar-refractivity contribution in [2.24, 2.45) is 0 Å². The highest BCUT2D eigenvalue weighted by atomic mass is 35.5. The predicted molar refractivity (Wildman–Crippen MR) is 110 cm³/mol. The number of hydrogen-bond acceptors (Lipinski definition) is 4. The largest absolute Gasteiger partial charge is 0.490 e. The first-order chi connectivity index (χ1) is 12.6. The molecular formula is C21H25ClN2O3. The molecule has 2 aromatic carbocycles. The molecule has 3 aromatic rings. The van der Waals surface area contributed by atoms with Crippen LogP contribution in [0.3, 0.4) is 0 Å². The molecule has 1 unspecified atom stereocenters. The Kier molecular flexibility index (Phi) is 7.13. The van der Waals surface area contributed by atoms with Crippen molar-refractivity contribution in [3.63, 3.8) is 0 Å². The Morgan fingerprint density at radius 2 is 2.00 bits per heavy atom. The molecule has 0 spiro atoms. The molecule has 1 atom stereocenters. The Bertz CT molecular complexity index is 907. The third kappa shape index (κ3) is 4.95. The van der Waals surface area contributed by atoms with Crippen molar-refractivity contribution in [2.45, 2.75) is 32.7 Å². The molecule has 0 aliphatic carbocycles. The lowest BCUT2D eigenvalue weighted by atomic mass is 10.1. The summed E-state index contributed by atoms with van der Waals surface area (Å²) in [4.78, 5) is 12.3. The van der Waals surface area contributed by atoms with Crippen LogP contribution in [-0.2, 0) is 11.2 Å². The van der Waals surface area contributed by atoms with Gasteiger partial charge in [0.1, 0.15) is 5.76 Å². The second-order valence-corrected chi connectivity index (χ2v) is 6.24. The van der Waals surface area contributed by atoms with Gasteiger partial charge in [-0.15, -0.1) is 12.4 Å². The van der Waals surface area contributed by atoms with Crippen molar-refractivity contribution >= 4 is 35.0 Å². The molecule has 144 valence electrons. The topological polar surface area (TPSA) is 77.5 Å². The number of nitrogens with one attached hydrogen (secondary N) is 1. The third-order valence-corrected chi connectivity index (χ3v) is 4.31. The van der Waals surface area contributed by atoms with Gasteiger partial charge < -0.3 is 20.2 Å². The molecule has 0 saturated heterocycles. The zero-order valence-corrected chi connectivity index (χ0v) is 16.3. The summed E-state index contributed by atoms with van der Waals surface area (Å²) in [6.45, 7) is 4.42. The molecule has 1 amide bonds. The predicted octanol–water partition coefficient (Wildman–Crippen LogP) is 4.65. The number of furan rings is 1. The van der Waals surface area contributed by atoms with E-state index in [0.29, 0.717) is 42.2 Å². The molecule has 0 fully saturated rings. The summed E-state index contributed by atoms with van der Waals surface area (Å²) in [6.07, 6.45) is 0.989. The zero-order valence-electron chi connectivity index (χ0n) is 15.5. The molecular weight excluding hydrogens is 364 g/mol. The Labute approximate surface area is 165 Å². The maximum atomic E-state index is 12.3. The van der Waals surface area contributed by atoms with Crippen LogP contribution in [0, 0.1) is 0 Å². The van der Waals surface area contributed by atoms with Gasteiger partial charge in [0, 0.05) is 17.5 Å². The van der Waals surface area contributed by atoms with Crippen LogP contribution in [-0.4, -0.2) is 12.5 Å². The van der Waals surface area contributed by atoms with Gasteiger partial charge in [-0.2, -0.15) is 0 Å². The van der Waals surface area contributed by atoms with E-state index in [0.717, 1.165) is 10.9 Å². The number of nitrogen functional groups attached to an aromatic ring is 1. The number of halogens is 1. The van der Waals surface area contributed by atoms with E-state index in [1.54, 1.807) is 0 Å². The van der Waals surface area contributed by atoms with Gasteiger partial charge in [0.15, 0.2) is 11.3 Å². The number of benzene rings is 2. The van der Waals surface area contributed by atoms with Gasteiger partial charge in [-0.25, -0.2) is 0 Å². The number of hydrogen-bond donors (Lipinski definition) is 2. The van der Waals surface area contributed by atoms with E-state index in [4.69, 9.17) is 14.9 Å². The first-order valence-corrected chi connectivity index (χ1v) is 8.86. The van der Waals surface area contributed by atoms with Crippen LogP contribution in [0.2, 0.25) is 0 Å². The van der Waals surface area contributed by atoms with Gasteiger partial charge in [-0.1, -0.05) is 30.3 Å². The average molecular weight is 389 g/mol.